The second-order valence-electron chi connectivity index (χ2n) is 4.51. The molecule has 0 aliphatic carbocycles. The number of carboxylic acid groups (broad SMARTS) is 1. The summed E-state index contributed by atoms with van der Waals surface area (Å²) in [5.74, 6) is 0. The molecule has 0 unspecified atom stereocenters. The van der Waals surface area contributed by atoms with Crippen LogP contribution in [-0.4, -0.2) is 16.2 Å². The summed E-state index contributed by atoms with van der Waals surface area (Å²) in [5, 5.41) is 11.5. The molecule has 0 aliphatic heterocycles. The van der Waals surface area contributed by atoms with Gasteiger partial charge in [0.25, 0.3) is 0 Å². The fourth-order valence-electron chi connectivity index (χ4n) is 2.12. The number of furan rings is 1. The van der Waals surface area contributed by atoms with Crippen molar-refractivity contribution in [3.8, 4) is 11.1 Å². The van der Waals surface area contributed by atoms with Crippen molar-refractivity contribution in [3.63, 3.8) is 0 Å². The van der Waals surface area contributed by atoms with Gasteiger partial charge in [-0.3, -0.25) is 4.98 Å². The Bertz CT molecular complexity index is 814. The third-order valence-electron chi connectivity index (χ3n) is 3.06. The molecule has 0 aliphatic rings. The van der Waals surface area contributed by atoms with Crippen LogP contribution in [-0.2, 0) is 6.54 Å². The second kappa shape index (κ2) is 5.46. The predicted octanol–water partition coefficient (Wildman–Crippen LogP) is 3.92. The molecule has 6 heteroatoms. The molecular weight excluding hydrogens is 292 g/mol. The molecule has 1 aromatic carbocycles. The Morgan fingerprint density at radius 1 is 1.38 bits per heavy atom. The summed E-state index contributed by atoms with van der Waals surface area (Å²) in [6.07, 6.45) is 2.14. The summed E-state index contributed by atoms with van der Waals surface area (Å²) in [4.78, 5) is 14.8. The Kier molecular flexibility index (Phi) is 3.50. The van der Waals surface area contributed by atoms with E-state index in [-0.39, 0.29) is 6.54 Å². The van der Waals surface area contributed by atoms with Gasteiger partial charge in [-0.2, -0.15) is 0 Å². The molecule has 21 heavy (non-hydrogen) atoms. The molecule has 0 fully saturated rings. The zero-order valence-corrected chi connectivity index (χ0v) is 11.6. The van der Waals surface area contributed by atoms with Crippen LogP contribution in [0.1, 0.15) is 5.56 Å². The van der Waals surface area contributed by atoms with Gasteiger partial charge in [-0.05, 0) is 17.2 Å². The fourth-order valence-corrected chi connectivity index (χ4v) is 2.27. The molecule has 3 aromatic rings. The number of pyridine rings is 1. The minimum absolute atomic E-state index is 0.248. The normalized spacial score (nSPS) is 10.7. The van der Waals surface area contributed by atoms with Gasteiger partial charge in [0.15, 0.2) is 5.58 Å². The monoisotopic (exact) mass is 302 g/mol. The lowest BCUT2D eigenvalue weighted by molar-refractivity contribution is 0.194. The number of hydrogen-bond donors (Lipinski definition) is 2. The first-order valence-corrected chi connectivity index (χ1v) is 6.60. The van der Waals surface area contributed by atoms with Crippen LogP contribution >= 0.6 is 11.6 Å². The number of nitrogens with zero attached hydrogens (tertiary/aromatic N) is 1. The number of nitrogens with one attached hydrogen (secondary N) is 1. The highest BCUT2D eigenvalue weighted by Crippen LogP contribution is 2.30. The van der Waals surface area contributed by atoms with Crippen molar-refractivity contribution in [2.24, 2.45) is 0 Å². The molecule has 3 rings (SSSR count). The van der Waals surface area contributed by atoms with Crippen LogP contribution in [0.3, 0.4) is 0 Å². The molecular formula is C15H11ClN2O3. The van der Waals surface area contributed by atoms with Crippen molar-refractivity contribution in [3.05, 3.63) is 53.4 Å². The third-order valence-corrected chi connectivity index (χ3v) is 3.27. The Balaban J connectivity index is 1.98. The maximum absolute atomic E-state index is 10.5. The van der Waals surface area contributed by atoms with Crippen LogP contribution in [0.25, 0.3) is 22.2 Å². The minimum Gasteiger partial charge on any atom is -0.465 e. The molecule has 5 nitrogen and oxygen atoms in total. The maximum atomic E-state index is 10.5. The van der Waals surface area contributed by atoms with Crippen molar-refractivity contribution in [2.45, 2.75) is 6.54 Å². The molecule has 0 spiro atoms. The molecule has 0 bridgehead atoms. The van der Waals surface area contributed by atoms with E-state index in [0.717, 1.165) is 22.2 Å². The van der Waals surface area contributed by atoms with Gasteiger partial charge < -0.3 is 14.8 Å². The first kappa shape index (κ1) is 13.5. The number of fused-ring (bicyclic) bond motifs is 1. The molecule has 0 saturated carbocycles. The molecule has 2 aromatic heterocycles. The van der Waals surface area contributed by atoms with Gasteiger partial charge >= 0.3 is 6.09 Å². The molecule has 0 atom stereocenters. The number of rotatable bonds is 3. The fraction of sp³-hybridized carbons (Fsp3) is 0.0667. The molecule has 2 heterocycles. The third kappa shape index (κ3) is 2.83. The highest BCUT2D eigenvalue weighted by molar-refractivity contribution is 6.31. The van der Waals surface area contributed by atoms with E-state index >= 15 is 0 Å². The van der Waals surface area contributed by atoms with Crippen molar-refractivity contribution >= 4 is 28.8 Å². The van der Waals surface area contributed by atoms with Crippen molar-refractivity contribution < 1.29 is 14.3 Å². The van der Waals surface area contributed by atoms with E-state index in [0.29, 0.717) is 10.6 Å². The highest BCUT2D eigenvalue weighted by Gasteiger charge is 2.10. The molecule has 0 radical (unpaired) electrons. The van der Waals surface area contributed by atoms with E-state index in [1.165, 1.54) is 0 Å². The summed E-state index contributed by atoms with van der Waals surface area (Å²) in [6, 6.07) is 9.25. The molecule has 1 amide bonds. The van der Waals surface area contributed by atoms with Crippen LogP contribution in [0.4, 0.5) is 4.79 Å². The molecule has 2 N–H and O–H groups in total. The van der Waals surface area contributed by atoms with Gasteiger partial charge in [0, 0.05) is 24.4 Å². The average molecular weight is 303 g/mol. The zero-order valence-electron chi connectivity index (χ0n) is 10.8. The SMILES string of the molecule is O=C(O)NCc1cccc(-c2coc3cc(Cl)cnc23)c1. The number of aromatic nitrogens is 1. The van der Waals surface area contributed by atoms with Crippen molar-refractivity contribution in [1.29, 1.82) is 0 Å². The summed E-state index contributed by atoms with van der Waals surface area (Å²) in [7, 11) is 0. The predicted molar refractivity (Wildman–Crippen MR) is 79.3 cm³/mol. The van der Waals surface area contributed by atoms with Crippen molar-refractivity contribution in [2.75, 3.05) is 0 Å². The van der Waals surface area contributed by atoms with Crippen LogP contribution in [0, 0.1) is 0 Å². The van der Waals surface area contributed by atoms with Crippen LogP contribution in [0.15, 0.2) is 47.2 Å². The number of amides is 1. The van der Waals surface area contributed by atoms with Crippen LogP contribution in [0.2, 0.25) is 5.02 Å². The number of halogens is 1. The standard InChI is InChI=1S/C15H11ClN2O3/c16-11-5-13-14(17-7-11)12(8-21-13)10-3-1-2-9(4-10)6-18-15(19)20/h1-5,7-8,18H,6H2,(H,19,20). The van der Waals surface area contributed by atoms with Crippen LogP contribution < -0.4 is 5.32 Å². The number of benzene rings is 1. The Labute approximate surface area is 125 Å². The molecule has 0 saturated heterocycles. The largest absolute Gasteiger partial charge is 0.465 e. The van der Waals surface area contributed by atoms with Crippen LogP contribution in [0.5, 0.6) is 0 Å². The Morgan fingerprint density at radius 3 is 3.05 bits per heavy atom. The van der Waals surface area contributed by atoms with Crippen molar-refractivity contribution in [1.82, 2.24) is 10.3 Å². The van der Waals surface area contributed by atoms with E-state index in [1.54, 1.807) is 18.5 Å². The number of carbonyl (C=O) groups is 1. The average Bonchev–Trinajstić information content (AvgIpc) is 2.88. The second-order valence-corrected chi connectivity index (χ2v) is 4.95. The summed E-state index contributed by atoms with van der Waals surface area (Å²) < 4.78 is 5.47. The molecule has 106 valence electrons. The van der Waals surface area contributed by atoms with E-state index in [1.807, 2.05) is 24.3 Å². The summed E-state index contributed by atoms with van der Waals surface area (Å²) in [6.45, 7) is 0.248. The van der Waals surface area contributed by atoms with E-state index in [4.69, 9.17) is 21.1 Å². The van der Waals surface area contributed by atoms with E-state index in [2.05, 4.69) is 10.3 Å². The Hall–Kier alpha value is -2.53. The van der Waals surface area contributed by atoms with Gasteiger partial charge in [-0.15, -0.1) is 0 Å². The first-order valence-electron chi connectivity index (χ1n) is 6.22. The smallest absolute Gasteiger partial charge is 0.404 e. The van der Waals surface area contributed by atoms with Gasteiger partial charge in [-0.25, -0.2) is 4.79 Å². The lowest BCUT2D eigenvalue weighted by Crippen LogP contribution is -2.19. The van der Waals surface area contributed by atoms with E-state index < -0.39 is 6.09 Å². The quantitative estimate of drug-likeness (QED) is 0.769. The van der Waals surface area contributed by atoms with Gasteiger partial charge in [0.2, 0.25) is 0 Å². The Morgan fingerprint density at radius 2 is 2.24 bits per heavy atom. The summed E-state index contributed by atoms with van der Waals surface area (Å²) in [5.41, 5.74) is 3.96. The minimum atomic E-state index is -1.05. The van der Waals surface area contributed by atoms with Gasteiger partial charge in [-0.1, -0.05) is 29.8 Å². The topological polar surface area (TPSA) is 75.4 Å². The summed E-state index contributed by atoms with van der Waals surface area (Å²) >= 11 is 5.88. The number of hydrogen-bond acceptors (Lipinski definition) is 3. The van der Waals surface area contributed by atoms with Gasteiger partial charge in [0.05, 0.1) is 5.02 Å². The van der Waals surface area contributed by atoms with Gasteiger partial charge in [0.1, 0.15) is 11.8 Å². The lowest BCUT2D eigenvalue weighted by Gasteiger charge is -2.04. The van der Waals surface area contributed by atoms with E-state index in [9.17, 15) is 4.79 Å². The first-order chi connectivity index (χ1) is 10.1. The lowest BCUT2D eigenvalue weighted by atomic mass is 10.0. The maximum Gasteiger partial charge on any atom is 0.404 e. The highest BCUT2D eigenvalue weighted by atomic mass is 35.5. The zero-order chi connectivity index (χ0) is 14.8.